The average molecular weight is 360 g/mol. The van der Waals surface area contributed by atoms with E-state index in [9.17, 15) is 9.59 Å². The highest BCUT2D eigenvalue weighted by atomic mass is 16.6. The van der Waals surface area contributed by atoms with Crippen LogP contribution in [-0.2, 0) is 20.7 Å². The van der Waals surface area contributed by atoms with Gasteiger partial charge in [0.1, 0.15) is 11.6 Å². The van der Waals surface area contributed by atoms with Gasteiger partial charge in [-0.25, -0.2) is 4.79 Å². The highest BCUT2D eigenvalue weighted by Crippen LogP contribution is 2.24. The number of esters is 1. The van der Waals surface area contributed by atoms with Crippen LogP contribution in [0.3, 0.4) is 0 Å². The van der Waals surface area contributed by atoms with Crippen molar-refractivity contribution >= 4 is 23.0 Å². The summed E-state index contributed by atoms with van der Waals surface area (Å²) in [6, 6.07) is 7.14. The van der Waals surface area contributed by atoms with Crippen molar-refractivity contribution in [3.63, 3.8) is 0 Å². The standard InChI is InChI=1S/C20H28N2O4/c1-6-21-16(18(23)25-7-2)12-14-13-22(19(24)26-20(3,4)5)17-11-9-8-10-15(14)17/h8-11,13,16,21H,6-7,12H2,1-5H3. The lowest BCUT2D eigenvalue weighted by Gasteiger charge is -2.19. The van der Waals surface area contributed by atoms with Gasteiger partial charge in [0, 0.05) is 18.0 Å². The number of para-hydroxylation sites is 1. The molecule has 2 rings (SSSR count). The molecule has 0 radical (unpaired) electrons. The van der Waals surface area contributed by atoms with E-state index < -0.39 is 17.7 Å². The Morgan fingerprint density at radius 3 is 2.50 bits per heavy atom. The molecule has 1 atom stereocenters. The molecule has 0 aliphatic rings. The van der Waals surface area contributed by atoms with E-state index in [4.69, 9.17) is 9.47 Å². The molecule has 2 aromatic rings. The molecule has 1 N–H and O–H groups in total. The first kappa shape index (κ1) is 20.0. The number of ether oxygens (including phenoxy) is 2. The van der Waals surface area contributed by atoms with Crippen LogP contribution in [0, 0.1) is 0 Å². The Morgan fingerprint density at radius 1 is 1.19 bits per heavy atom. The monoisotopic (exact) mass is 360 g/mol. The predicted octanol–water partition coefficient (Wildman–Crippen LogP) is 3.51. The largest absolute Gasteiger partial charge is 0.465 e. The van der Waals surface area contributed by atoms with Crippen molar-refractivity contribution in [3.05, 3.63) is 36.0 Å². The zero-order valence-electron chi connectivity index (χ0n) is 16.2. The number of nitrogens with zero attached hydrogens (tertiary/aromatic N) is 1. The van der Waals surface area contributed by atoms with E-state index in [1.807, 2.05) is 52.0 Å². The summed E-state index contributed by atoms with van der Waals surface area (Å²) in [5.41, 5.74) is 1.07. The lowest BCUT2D eigenvalue weighted by atomic mass is 10.1. The molecule has 0 spiro atoms. The van der Waals surface area contributed by atoms with E-state index in [0.717, 1.165) is 16.5 Å². The van der Waals surface area contributed by atoms with Gasteiger partial charge in [-0.2, -0.15) is 0 Å². The third-order valence-electron chi connectivity index (χ3n) is 3.83. The zero-order valence-corrected chi connectivity index (χ0v) is 16.2. The van der Waals surface area contributed by atoms with Crippen LogP contribution >= 0.6 is 0 Å². The maximum absolute atomic E-state index is 12.6. The number of carbonyl (C=O) groups excluding carboxylic acids is 2. The SMILES string of the molecule is CCNC(Cc1cn(C(=O)OC(C)(C)C)c2ccccc12)C(=O)OCC. The molecule has 0 amide bonds. The summed E-state index contributed by atoms with van der Waals surface area (Å²) < 4.78 is 12.2. The van der Waals surface area contributed by atoms with Gasteiger partial charge in [-0.05, 0) is 45.9 Å². The molecule has 142 valence electrons. The normalized spacial score (nSPS) is 12.8. The van der Waals surface area contributed by atoms with E-state index in [0.29, 0.717) is 19.6 Å². The minimum atomic E-state index is -0.583. The smallest absolute Gasteiger partial charge is 0.419 e. The Labute approximate surface area is 154 Å². The van der Waals surface area contributed by atoms with E-state index in [2.05, 4.69) is 5.32 Å². The second-order valence-electron chi connectivity index (χ2n) is 7.09. The minimum absolute atomic E-state index is 0.288. The topological polar surface area (TPSA) is 69.6 Å². The third kappa shape index (κ3) is 4.85. The molecule has 6 heteroatoms. The van der Waals surface area contributed by atoms with Gasteiger partial charge in [-0.3, -0.25) is 9.36 Å². The highest BCUT2D eigenvalue weighted by Gasteiger charge is 2.24. The predicted molar refractivity (Wildman–Crippen MR) is 101 cm³/mol. The van der Waals surface area contributed by atoms with Crippen LogP contribution in [0.1, 0.15) is 40.2 Å². The maximum Gasteiger partial charge on any atom is 0.419 e. The van der Waals surface area contributed by atoms with E-state index >= 15 is 0 Å². The van der Waals surface area contributed by atoms with Gasteiger partial charge in [0.15, 0.2) is 0 Å². The van der Waals surface area contributed by atoms with Crippen molar-refractivity contribution in [2.75, 3.05) is 13.2 Å². The molecule has 0 saturated heterocycles. The number of carbonyl (C=O) groups is 2. The van der Waals surface area contributed by atoms with Gasteiger partial charge in [0.2, 0.25) is 0 Å². The lowest BCUT2D eigenvalue weighted by Crippen LogP contribution is -2.39. The quantitative estimate of drug-likeness (QED) is 0.799. The van der Waals surface area contributed by atoms with Crippen molar-refractivity contribution in [2.45, 2.75) is 52.7 Å². The molecule has 1 aromatic heterocycles. The van der Waals surface area contributed by atoms with Gasteiger partial charge in [0.25, 0.3) is 0 Å². The maximum atomic E-state index is 12.6. The average Bonchev–Trinajstić information content (AvgIpc) is 2.92. The second kappa shape index (κ2) is 8.36. The van der Waals surface area contributed by atoms with Crippen LogP contribution in [-0.4, -0.2) is 41.4 Å². The molecule has 1 heterocycles. The fourth-order valence-corrected chi connectivity index (χ4v) is 2.82. The molecule has 26 heavy (non-hydrogen) atoms. The van der Waals surface area contributed by atoms with E-state index in [1.54, 1.807) is 13.1 Å². The number of benzene rings is 1. The molecule has 0 bridgehead atoms. The van der Waals surface area contributed by atoms with E-state index in [-0.39, 0.29) is 5.97 Å². The molecule has 1 aromatic carbocycles. The summed E-state index contributed by atoms with van der Waals surface area (Å²) in [6.45, 7) is 10.2. The first-order valence-corrected chi connectivity index (χ1v) is 8.99. The zero-order chi connectivity index (χ0) is 19.3. The highest BCUT2D eigenvalue weighted by molar-refractivity contribution is 5.92. The molecule has 0 aliphatic heterocycles. The van der Waals surface area contributed by atoms with Gasteiger partial charge >= 0.3 is 12.1 Å². The molecular formula is C20H28N2O4. The Morgan fingerprint density at radius 2 is 1.88 bits per heavy atom. The summed E-state index contributed by atoms with van der Waals surface area (Å²) in [7, 11) is 0. The van der Waals surface area contributed by atoms with Crippen LogP contribution in [0.5, 0.6) is 0 Å². The van der Waals surface area contributed by atoms with Gasteiger partial charge < -0.3 is 14.8 Å². The number of likely N-dealkylation sites (N-methyl/N-ethyl adjacent to an activating group) is 1. The van der Waals surface area contributed by atoms with Crippen molar-refractivity contribution in [1.82, 2.24) is 9.88 Å². The van der Waals surface area contributed by atoms with E-state index in [1.165, 1.54) is 4.57 Å². The van der Waals surface area contributed by atoms with Crippen LogP contribution in [0.25, 0.3) is 10.9 Å². The molecule has 1 unspecified atom stereocenters. The second-order valence-corrected chi connectivity index (χ2v) is 7.09. The Balaban J connectivity index is 2.38. The van der Waals surface area contributed by atoms with Gasteiger partial charge in [0.05, 0.1) is 12.1 Å². The molecule has 6 nitrogen and oxygen atoms in total. The molecule has 0 saturated carbocycles. The van der Waals surface area contributed by atoms with Crippen molar-refractivity contribution in [3.8, 4) is 0 Å². The number of aromatic nitrogens is 1. The van der Waals surface area contributed by atoms with Crippen molar-refractivity contribution < 1.29 is 19.1 Å². The summed E-state index contributed by atoms with van der Waals surface area (Å²) in [5.74, 6) is -0.288. The summed E-state index contributed by atoms with van der Waals surface area (Å²) >= 11 is 0. The fraction of sp³-hybridized carbons (Fsp3) is 0.500. The number of fused-ring (bicyclic) bond motifs is 1. The fourth-order valence-electron chi connectivity index (χ4n) is 2.82. The van der Waals surface area contributed by atoms with Crippen LogP contribution in [0.2, 0.25) is 0 Å². The number of nitrogens with one attached hydrogen (secondary N) is 1. The van der Waals surface area contributed by atoms with Crippen molar-refractivity contribution in [1.29, 1.82) is 0 Å². The first-order chi connectivity index (χ1) is 12.3. The summed E-state index contributed by atoms with van der Waals surface area (Å²) in [6.07, 6.45) is 1.75. The number of hydrogen-bond donors (Lipinski definition) is 1. The van der Waals surface area contributed by atoms with Crippen LogP contribution in [0.15, 0.2) is 30.5 Å². The summed E-state index contributed by atoms with van der Waals surface area (Å²) in [5, 5.41) is 4.08. The first-order valence-electron chi connectivity index (χ1n) is 8.99. The third-order valence-corrected chi connectivity index (χ3v) is 3.83. The Hall–Kier alpha value is -2.34. The Kier molecular flexibility index (Phi) is 6.42. The Bertz CT molecular complexity index is 774. The van der Waals surface area contributed by atoms with Crippen LogP contribution in [0.4, 0.5) is 4.79 Å². The number of hydrogen-bond acceptors (Lipinski definition) is 5. The van der Waals surface area contributed by atoms with Crippen molar-refractivity contribution in [2.24, 2.45) is 0 Å². The van der Waals surface area contributed by atoms with Gasteiger partial charge in [-0.1, -0.05) is 25.1 Å². The van der Waals surface area contributed by atoms with Crippen LogP contribution < -0.4 is 5.32 Å². The minimum Gasteiger partial charge on any atom is -0.465 e. The molecule has 0 fully saturated rings. The molecule has 0 aliphatic carbocycles. The summed E-state index contributed by atoms with van der Waals surface area (Å²) in [4.78, 5) is 24.8. The van der Waals surface area contributed by atoms with Gasteiger partial charge in [-0.15, -0.1) is 0 Å². The lowest BCUT2D eigenvalue weighted by molar-refractivity contribution is -0.145. The molecular weight excluding hydrogens is 332 g/mol. The number of rotatable bonds is 6.